The Morgan fingerprint density at radius 3 is 1.90 bits per heavy atom. The van der Waals surface area contributed by atoms with Gasteiger partial charge < -0.3 is 4.52 Å². The van der Waals surface area contributed by atoms with Gasteiger partial charge in [-0.05, 0) is 12.1 Å². The van der Waals surface area contributed by atoms with Crippen molar-refractivity contribution in [2.75, 3.05) is 26.2 Å². The van der Waals surface area contributed by atoms with Gasteiger partial charge in [0.1, 0.15) is 5.75 Å². The van der Waals surface area contributed by atoms with Crippen LogP contribution in [0.25, 0.3) is 0 Å². The Morgan fingerprint density at radius 1 is 1.05 bits per heavy atom. The van der Waals surface area contributed by atoms with Gasteiger partial charge in [-0.1, -0.05) is 44.2 Å². The molecule has 21 heavy (non-hydrogen) atoms. The van der Waals surface area contributed by atoms with E-state index in [1.807, 2.05) is 53.5 Å². The quantitative estimate of drug-likeness (QED) is 0.479. The summed E-state index contributed by atoms with van der Waals surface area (Å²) in [4.78, 5) is 0. The second-order valence-electron chi connectivity index (χ2n) is 4.48. The molecule has 0 saturated carbocycles. The Labute approximate surface area is 128 Å². The minimum Gasteiger partial charge on any atom is -0.422 e. The molecule has 1 aromatic rings. The van der Waals surface area contributed by atoms with Crippen LogP contribution < -0.4 is 4.52 Å². The van der Waals surface area contributed by atoms with Crippen molar-refractivity contribution in [3.8, 4) is 5.75 Å². The normalized spacial score (nSPS) is 11.6. The van der Waals surface area contributed by atoms with Crippen LogP contribution in [0.15, 0.2) is 55.6 Å². The monoisotopic (exact) mass is 308 g/mol. The summed E-state index contributed by atoms with van der Waals surface area (Å²) in [6, 6.07) is 9.27. The zero-order chi connectivity index (χ0) is 15.7. The van der Waals surface area contributed by atoms with E-state index in [-0.39, 0.29) is 0 Å². The van der Waals surface area contributed by atoms with E-state index in [9.17, 15) is 4.57 Å². The molecular weight excluding hydrogens is 283 g/mol. The topological polar surface area (TPSA) is 32.8 Å². The number of nitrogens with zero attached hydrogens (tertiary/aromatic N) is 2. The Balaban J connectivity index is 3.16. The molecule has 0 fully saturated rings. The van der Waals surface area contributed by atoms with Crippen LogP contribution >= 0.6 is 7.67 Å². The van der Waals surface area contributed by atoms with E-state index < -0.39 is 7.67 Å². The van der Waals surface area contributed by atoms with Crippen molar-refractivity contribution >= 4 is 7.67 Å². The second kappa shape index (κ2) is 8.83. The van der Waals surface area contributed by atoms with Gasteiger partial charge in [0.05, 0.1) is 0 Å². The summed E-state index contributed by atoms with van der Waals surface area (Å²) in [7, 11) is -3.17. The predicted octanol–water partition coefficient (Wildman–Crippen LogP) is 4.19. The van der Waals surface area contributed by atoms with E-state index in [2.05, 4.69) is 13.2 Å². The number of benzene rings is 1. The van der Waals surface area contributed by atoms with Gasteiger partial charge in [0.15, 0.2) is 0 Å². The maximum atomic E-state index is 13.6. The zero-order valence-electron chi connectivity index (χ0n) is 12.9. The van der Waals surface area contributed by atoms with Gasteiger partial charge in [-0.2, -0.15) is 0 Å². The van der Waals surface area contributed by atoms with E-state index in [0.717, 1.165) is 0 Å². The largest absolute Gasteiger partial charge is 0.422 e. The van der Waals surface area contributed by atoms with Gasteiger partial charge in [-0.15, -0.1) is 13.2 Å². The van der Waals surface area contributed by atoms with E-state index in [4.69, 9.17) is 4.52 Å². The van der Waals surface area contributed by atoms with E-state index in [0.29, 0.717) is 31.9 Å². The SMILES string of the molecule is C=CCN(CC)P(=O)(Oc1ccccc1)N(CC)CC=C. The number of rotatable bonds is 10. The number of likely N-dealkylation sites (N-methyl/N-ethyl adjacent to an activating group) is 2. The second-order valence-corrected chi connectivity index (χ2v) is 6.78. The maximum absolute atomic E-state index is 13.6. The van der Waals surface area contributed by atoms with Crippen LogP contribution in [0, 0.1) is 0 Å². The predicted molar refractivity (Wildman–Crippen MR) is 89.6 cm³/mol. The van der Waals surface area contributed by atoms with E-state index >= 15 is 0 Å². The highest BCUT2D eigenvalue weighted by Gasteiger charge is 2.37. The lowest BCUT2D eigenvalue weighted by molar-refractivity contribution is 0.302. The Morgan fingerprint density at radius 2 is 1.52 bits per heavy atom. The van der Waals surface area contributed by atoms with Crippen molar-refractivity contribution in [3.63, 3.8) is 0 Å². The van der Waals surface area contributed by atoms with Gasteiger partial charge in [0, 0.05) is 26.2 Å². The maximum Gasteiger partial charge on any atom is 0.396 e. The molecule has 0 saturated heterocycles. The van der Waals surface area contributed by atoms with Crippen LogP contribution in [0.1, 0.15) is 13.8 Å². The molecule has 1 rings (SSSR count). The summed E-state index contributed by atoms with van der Waals surface area (Å²) in [6.07, 6.45) is 3.48. The molecule has 5 heteroatoms. The van der Waals surface area contributed by atoms with Crippen molar-refractivity contribution in [3.05, 3.63) is 55.6 Å². The summed E-state index contributed by atoms with van der Waals surface area (Å²) < 4.78 is 23.1. The molecule has 0 unspecified atom stereocenters. The van der Waals surface area contributed by atoms with Crippen LogP contribution in [-0.4, -0.2) is 35.5 Å². The molecule has 0 aromatic heterocycles. The van der Waals surface area contributed by atoms with Crippen LogP contribution in [0.5, 0.6) is 5.75 Å². The molecule has 0 radical (unpaired) electrons. The van der Waals surface area contributed by atoms with Crippen molar-refractivity contribution in [1.29, 1.82) is 0 Å². The molecule has 0 atom stereocenters. The summed E-state index contributed by atoms with van der Waals surface area (Å²) in [5.41, 5.74) is 0. The first-order valence-electron chi connectivity index (χ1n) is 7.19. The highest BCUT2D eigenvalue weighted by atomic mass is 31.2. The minimum atomic E-state index is -3.17. The third kappa shape index (κ3) is 4.57. The molecule has 0 amide bonds. The molecule has 0 N–H and O–H groups in total. The Bertz CT molecular complexity index is 468. The fourth-order valence-electron chi connectivity index (χ4n) is 2.03. The number of para-hydroxylation sites is 1. The lowest BCUT2D eigenvalue weighted by atomic mass is 10.3. The van der Waals surface area contributed by atoms with Gasteiger partial charge in [-0.25, -0.2) is 13.9 Å². The first-order chi connectivity index (χ1) is 10.1. The van der Waals surface area contributed by atoms with Crippen molar-refractivity contribution in [2.45, 2.75) is 13.8 Å². The molecule has 1 aromatic carbocycles. The van der Waals surface area contributed by atoms with Crippen molar-refractivity contribution in [1.82, 2.24) is 9.34 Å². The number of hydrogen-bond acceptors (Lipinski definition) is 2. The molecular formula is C16H25N2O2P. The van der Waals surface area contributed by atoms with E-state index in [1.165, 1.54) is 0 Å². The van der Waals surface area contributed by atoms with Crippen LogP contribution in [0.3, 0.4) is 0 Å². The highest BCUT2D eigenvalue weighted by molar-refractivity contribution is 7.54. The first-order valence-corrected chi connectivity index (χ1v) is 8.72. The highest BCUT2D eigenvalue weighted by Crippen LogP contribution is 2.53. The molecule has 0 bridgehead atoms. The fraction of sp³-hybridized carbons (Fsp3) is 0.375. The molecule has 0 aliphatic rings. The summed E-state index contributed by atoms with van der Waals surface area (Å²) in [5.74, 6) is 0.603. The summed E-state index contributed by atoms with van der Waals surface area (Å²) in [5, 5.41) is 0. The summed E-state index contributed by atoms with van der Waals surface area (Å²) >= 11 is 0. The molecule has 0 spiro atoms. The standard InChI is InChI=1S/C16H25N2O2P/c1-5-14-17(7-3)21(19,18(8-4)15-6-2)20-16-12-10-9-11-13-16/h5-6,9-13H,1-2,7-8,14-15H2,3-4H3. The number of hydrogen-bond donors (Lipinski definition) is 0. The average Bonchev–Trinajstić information content (AvgIpc) is 2.50. The summed E-state index contributed by atoms with van der Waals surface area (Å²) in [6.45, 7) is 13.7. The third-order valence-corrected chi connectivity index (χ3v) is 5.86. The van der Waals surface area contributed by atoms with Crippen molar-refractivity contribution in [2.24, 2.45) is 0 Å². The van der Waals surface area contributed by atoms with Gasteiger partial charge >= 0.3 is 7.67 Å². The van der Waals surface area contributed by atoms with Crippen LogP contribution in [0.2, 0.25) is 0 Å². The third-order valence-electron chi connectivity index (χ3n) is 3.09. The van der Waals surface area contributed by atoms with Gasteiger partial charge in [0.25, 0.3) is 0 Å². The van der Waals surface area contributed by atoms with Crippen LogP contribution in [0.4, 0.5) is 0 Å². The zero-order valence-corrected chi connectivity index (χ0v) is 13.8. The lowest BCUT2D eigenvalue weighted by Gasteiger charge is -2.36. The van der Waals surface area contributed by atoms with Gasteiger partial charge in [0.2, 0.25) is 0 Å². The fourth-order valence-corrected chi connectivity index (χ4v) is 4.38. The first kappa shape index (κ1) is 17.7. The van der Waals surface area contributed by atoms with Crippen LogP contribution in [-0.2, 0) is 4.57 Å². The molecule has 0 heterocycles. The molecule has 0 aliphatic heterocycles. The Kier molecular flexibility index (Phi) is 7.44. The van der Waals surface area contributed by atoms with E-state index in [1.54, 1.807) is 12.2 Å². The smallest absolute Gasteiger partial charge is 0.396 e. The molecule has 0 aliphatic carbocycles. The Hall–Kier alpha value is -1.35. The minimum absolute atomic E-state index is 0.508. The average molecular weight is 308 g/mol. The lowest BCUT2D eigenvalue weighted by Crippen LogP contribution is -2.34. The molecule has 4 nitrogen and oxygen atoms in total. The van der Waals surface area contributed by atoms with Crippen molar-refractivity contribution < 1.29 is 9.09 Å². The van der Waals surface area contributed by atoms with Gasteiger partial charge in [-0.3, -0.25) is 0 Å². The molecule has 116 valence electrons.